The van der Waals surface area contributed by atoms with Crippen molar-refractivity contribution in [3.8, 4) is 0 Å². The van der Waals surface area contributed by atoms with Crippen LogP contribution in [0, 0.1) is 16.2 Å². The zero-order chi connectivity index (χ0) is 42.0. The smallest absolute Gasteiger partial charge is 0.338 e. The number of nitrogens with zero attached hydrogens (tertiary/aromatic N) is 2. The number of benzene rings is 3. The summed E-state index contributed by atoms with van der Waals surface area (Å²) in [6.07, 6.45) is 11.4. The monoisotopic (exact) mass is 816 g/mol. The molecule has 3 unspecified atom stereocenters. The molecule has 5 fully saturated rings. The van der Waals surface area contributed by atoms with E-state index in [4.69, 9.17) is 14.7 Å². The SMILES string of the molecule is COC(=O)c1cccc2c1CC1(CCN(C3CC3)C1=O)C2.COC(=O)c1cccc2c1CC1(CCNC1=O)C2.O=C(NO)c1cccc2c1CC1(CCN(C3CC3)C1=O)C2. The van der Waals surface area contributed by atoms with Crippen molar-refractivity contribution in [2.75, 3.05) is 33.9 Å². The maximum Gasteiger partial charge on any atom is 0.338 e. The third kappa shape index (κ3) is 6.74. The number of hydrogen-bond donors (Lipinski definition) is 3. The molecule has 3 heterocycles. The molecule has 4 amide bonds. The van der Waals surface area contributed by atoms with Crippen molar-refractivity contribution in [1.29, 1.82) is 0 Å². The Morgan fingerprint density at radius 3 is 1.43 bits per heavy atom. The first-order chi connectivity index (χ1) is 28.9. The van der Waals surface area contributed by atoms with Crippen LogP contribution in [0.2, 0.25) is 0 Å². The summed E-state index contributed by atoms with van der Waals surface area (Å²) in [5.41, 5.74) is 8.71. The van der Waals surface area contributed by atoms with Gasteiger partial charge in [0, 0.05) is 37.3 Å². The molecule has 3 aromatic carbocycles. The number of carbonyl (C=O) groups excluding carboxylic acids is 6. The summed E-state index contributed by atoms with van der Waals surface area (Å²) in [4.78, 5) is 77.2. The number of likely N-dealkylation sites (tertiary alicyclic amines) is 2. The third-order valence-electron chi connectivity index (χ3n) is 14.5. The number of carbonyl (C=O) groups is 6. The van der Waals surface area contributed by atoms with Crippen molar-refractivity contribution >= 4 is 35.6 Å². The van der Waals surface area contributed by atoms with E-state index < -0.39 is 5.91 Å². The normalized spacial score (nSPS) is 26.6. The second kappa shape index (κ2) is 15.2. The Kier molecular flexibility index (Phi) is 10.1. The standard InChI is InChI=1S/C17H19NO3.C16H18N2O3.C14H15NO3/c1-21-15(19)13-4-2-3-11-9-17(10-14(11)13)7-8-18(16(17)20)12-5-6-12;19-14(17-21)12-3-1-2-10-8-16(9-13(10)12)6-7-18(15(16)20)11-4-5-11;1-18-12(16)10-4-2-3-9-7-14(8-11(9)10)5-6-15-13(14)17/h2-4,12H,5-10H2,1H3;1-3,11,21H,4-9H2,(H,17,19);2-4H,5-8H2,1H3,(H,15,17). The number of amides is 4. The maximum atomic E-state index is 12.8. The van der Waals surface area contributed by atoms with Crippen molar-refractivity contribution in [2.45, 2.75) is 95.6 Å². The molecule has 3 spiro atoms. The van der Waals surface area contributed by atoms with E-state index in [1.807, 2.05) is 47.4 Å². The molecule has 0 bridgehead atoms. The first-order valence-electron chi connectivity index (χ1n) is 21.3. The zero-order valence-electron chi connectivity index (χ0n) is 34.3. The number of fused-ring (bicyclic) bond motifs is 3. The number of hydroxylamine groups is 1. The Bertz CT molecular complexity index is 2210. The minimum Gasteiger partial charge on any atom is -0.465 e. The van der Waals surface area contributed by atoms with Gasteiger partial charge in [0.25, 0.3) is 5.91 Å². The second-order valence-electron chi connectivity index (χ2n) is 18.1. The maximum absolute atomic E-state index is 12.8. The molecule has 314 valence electrons. The highest BCUT2D eigenvalue weighted by Crippen LogP contribution is 2.50. The molecule has 3 atom stereocenters. The van der Waals surface area contributed by atoms with E-state index in [-0.39, 0.29) is 40.0 Å². The summed E-state index contributed by atoms with van der Waals surface area (Å²) in [5, 5.41) is 11.8. The summed E-state index contributed by atoms with van der Waals surface area (Å²) in [7, 11) is 2.79. The summed E-state index contributed by atoms with van der Waals surface area (Å²) >= 11 is 0. The summed E-state index contributed by atoms with van der Waals surface area (Å²) < 4.78 is 9.67. The average molecular weight is 817 g/mol. The van der Waals surface area contributed by atoms with Crippen molar-refractivity contribution in [1.82, 2.24) is 20.6 Å². The van der Waals surface area contributed by atoms with Crippen LogP contribution in [0.1, 0.15) is 109 Å². The largest absolute Gasteiger partial charge is 0.465 e. The molecule has 3 aliphatic heterocycles. The van der Waals surface area contributed by atoms with Crippen molar-refractivity contribution in [3.63, 3.8) is 0 Å². The summed E-state index contributed by atoms with van der Waals surface area (Å²) in [6, 6.07) is 17.8. The van der Waals surface area contributed by atoms with Crippen molar-refractivity contribution < 1.29 is 43.4 Å². The fourth-order valence-corrected chi connectivity index (χ4v) is 11.1. The molecule has 8 aliphatic rings. The van der Waals surface area contributed by atoms with E-state index in [9.17, 15) is 28.8 Å². The van der Waals surface area contributed by atoms with Crippen molar-refractivity contribution in [2.24, 2.45) is 16.2 Å². The quantitative estimate of drug-likeness (QED) is 0.193. The molecule has 60 heavy (non-hydrogen) atoms. The Labute approximate surface area is 349 Å². The molecule has 3 aromatic rings. The molecular formula is C47H52N4O9. The molecule has 3 saturated heterocycles. The van der Waals surface area contributed by atoms with E-state index in [0.717, 1.165) is 117 Å². The van der Waals surface area contributed by atoms with Crippen LogP contribution < -0.4 is 10.8 Å². The summed E-state index contributed by atoms with van der Waals surface area (Å²) in [6.45, 7) is 2.46. The predicted octanol–water partition coefficient (Wildman–Crippen LogP) is 4.32. The van der Waals surface area contributed by atoms with Gasteiger partial charge in [-0.25, -0.2) is 15.1 Å². The molecule has 13 nitrogen and oxygen atoms in total. The lowest BCUT2D eigenvalue weighted by Crippen LogP contribution is -2.36. The number of methoxy groups -OCH3 is 2. The van der Waals surface area contributed by atoms with E-state index in [2.05, 4.69) is 10.2 Å². The molecular weight excluding hydrogens is 765 g/mol. The molecule has 0 aromatic heterocycles. The van der Waals surface area contributed by atoms with Gasteiger partial charge in [0.05, 0.1) is 41.6 Å². The van der Waals surface area contributed by atoms with Crippen LogP contribution in [-0.2, 0) is 62.4 Å². The lowest BCUT2D eigenvalue weighted by atomic mass is 9.83. The van der Waals surface area contributed by atoms with E-state index in [1.54, 1.807) is 17.6 Å². The highest BCUT2D eigenvalue weighted by Gasteiger charge is 2.55. The number of ether oxygens (including phenoxy) is 2. The third-order valence-corrected chi connectivity index (χ3v) is 14.5. The van der Waals surface area contributed by atoms with Crippen LogP contribution >= 0.6 is 0 Å². The highest BCUT2D eigenvalue weighted by atomic mass is 16.5. The van der Waals surface area contributed by atoms with Gasteiger partial charge in [-0.15, -0.1) is 0 Å². The van der Waals surface area contributed by atoms with Crippen LogP contribution in [0.3, 0.4) is 0 Å². The lowest BCUT2D eigenvalue weighted by molar-refractivity contribution is -0.136. The van der Waals surface area contributed by atoms with Crippen molar-refractivity contribution in [3.05, 3.63) is 105 Å². The first-order valence-corrected chi connectivity index (χ1v) is 21.3. The van der Waals surface area contributed by atoms with Gasteiger partial charge >= 0.3 is 11.9 Å². The first kappa shape index (κ1) is 39.9. The highest BCUT2D eigenvalue weighted by molar-refractivity contribution is 5.97. The molecule has 0 radical (unpaired) electrons. The van der Waals surface area contributed by atoms with Gasteiger partial charge in [-0.05, 0) is 135 Å². The molecule has 11 rings (SSSR count). The van der Waals surface area contributed by atoms with Crippen LogP contribution in [0.5, 0.6) is 0 Å². The Hall–Kier alpha value is -5.56. The predicted molar refractivity (Wildman–Crippen MR) is 217 cm³/mol. The van der Waals surface area contributed by atoms with Crippen LogP contribution in [0.15, 0.2) is 54.6 Å². The van der Waals surface area contributed by atoms with Crippen LogP contribution in [0.4, 0.5) is 0 Å². The Balaban J connectivity index is 0.000000116. The van der Waals surface area contributed by atoms with E-state index >= 15 is 0 Å². The van der Waals surface area contributed by atoms with Gasteiger partial charge in [-0.2, -0.15) is 0 Å². The van der Waals surface area contributed by atoms with E-state index in [1.165, 1.54) is 14.2 Å². The zero-order valence-corrected chi connectivity index (χ0v) is 34.3. The van der Waals surface area contributed by atoms with Gasteiger partial charge in [-0.1, -0.05) is 36.4 Å². The fourth-order valence-electron chi connectivity index (χ4n) is 11.1. The minimum absolute atomic E-state index is 0.120. The van der Waals surface area contributed by atoms with Gasteiger partial charge in [-0.3, -0.25) is 24.4 Å². The Morgan fingerprint density at radius 1 is 0.617 bits per heavy atom. The number of nitrogens with one attached hydrogen (secondary N) is 2. The molecule has 2 saturated carbocycles. The fraction of sp³-hybridized carbons (Fsp3) is 0.489. The average Bonchev–Trinajstić information content (AvgIpc) is 4.04. The minimum atomic E-state index is -0.492. The molecule has 13 heteroatoms. The van der Waals surface area contributed by atoms with Gasteiger partial charge in [0.15, 0.2) is 0 Å². The van der Waals surface area contributed by atoms with Gasteiger partial charge in [0.1, 0.15) is 0 Å². The van der Waals surface area contributed by atoms with Crippen LogP contribution in [-0.4, -0.2) is 96.5 Å². The number of esters is 2. The molecule has 3 N–H and O–H groups in total. The van der Waals surface area contributed by atoms with Gasteiger partial charge in [0.2, 0.25) is 17.7 Å². The van der Waals surface area contributed by atoms with Crippen LogP contribution in [0.25, 0.3) is 0 Å². The summed E-state index contributed by atoms with van der Waals surface area (Å²) in [5.74, 6) is -0.424. The lowest BCUT2D eigenvalue weighted by Gasteiger charge is -2.22. The number of hydrogen-bond acceptors (Lipinski definition) is 9. The van der Waals surface area contributed by atoms with E-state index in [0.29, 0.717) is 53.9 Å². The number of rotatable bonds is 5. The Morgan fingerprint density at radius 2 is 1.03 bits per heavy atom. The second-order valence-corrected chi connectivity index (χ2v) is 18.1. The topological polar surface area (TPSA) is 172 Å². The molecule has 5 aliphatic carbocycles. The van der Waals surface area contributed by atoms with Gasteiger partial charge < -0.3 is 24.6 Å².